The van der Waals surface area contributed by atoms with Gasteiger partial charge in [0.25, 0.3) is 5.91 Å². The number of nitrogens with zero attached hydrogens (tertiary/aromatic N) is 1. The second-order valence-electron chi connectivity index (χ2n) is 6.11. The van der Waals surface area contributed by atoms with Crippen molar-refractivity contribution in [1.82, 2.24) is 10.3 Å². The van der Waals surface area contributed by atoms with Gasteiger partial charge in [0.2, 0.25) is 0 Å². The highest BCUT2D eigenvalue weighted by Gasteiger charge is 2.20. The molecule has 0 aliphatic carbocycles. The van der Waals surface area contributed by atoms with Crippen molar-refractivity contribution in [3.63, 3.8) is 0 Å². The normalized spacial score (nSPS) is 11.1. The van der Waals surface area contributed by atoms with Gasteiger partial charge in [-0.15, -0.1) is 0 Å². The lowest BCUT2D eigenvalue weighted by Gasteiger charge is -2.24. The molecule has 23 heavy (non-hydrogen) atoms. The van der Waals surface area contributed by atoms with Gasteiger partial charge in [0.15, 0.2) is 0 Å². The predicted molar refractivity (Wildman–Crippen MR) is 88.6 cm³/mol. The van der Waals surface area contributed by atoms with Gasteiger partial charge < -0.3 is 15.2 Å². The summed E-state index contributed by atoms with van der Waals surface area (Å²) in [5.74, 6) is 0.863. The number of pyridine rings is 1. The van der Waals surface area contributed by atoms with Gasteiger partial charge in [-0.25, -0.2) is 0 Å². The van der Waals surface area contributed by atoms with E-state index in [1.165, 1.54) is 0 Å². The van der Waals surface area contributed by atoms with Crippen molar-refractivity contribution in [2.75, 3.05) is 13.2 Å². The highest BCUT2D eigenvalue weighted by Crippen LogP contribution is 2.25. The minimum Gasteiger partial charge on any atom is -0.455 e. The lowest BCUT2D eigenvalue weighted by Crippen LogP contribution is -2.34. The molecule has 0 atom stereocenters. The maximum Gasteiger partial charge on any atom is 0.255 e. The first-order valence-corrected chi connectivity index (χ1v) is 7.58. The second-order valence-corrected chi connectivity index (χ2v) is 6.11. The van der Waals surface area contributed by atoms with Crippen LogP contribution in [-0.4, -0.2) is 29.1 Å². The van der Waals surface area contributed by atoms with E-state index in [0.717, 1.165) is 0 Å². The SMILES string of the molecule is CC(C)(CCO)CNC(=O)c1ccccc1Oc1cccnc1. The van der Waals surface area contributed by atoms with Crippen molar-refractivity contribution in [3.8, 4) is 11.5 Å². The molecule has 0 saturated heterocycles. The predicted octanol–water partition coefficient (Wildman–Crippen LogP) is 3.01. The molecule has 0 aliphatic heterocycles. The number of aliphatic hydroxyl groups is 1. The largest absolute Gasteiger partial charge is 0.455 e. The van der Waals surface area contributed by atoms with Gasteiger partial charge in [0.1, 0.15) is 11.5 Å². The molecular weight excluding hydrogens is 292 g/mol. The van der Waals surface area contributed by atoms with E-state index in [1.807, 2.05) is 19.9 Å². The molecule has 2 N–H and O–H groups in total. The van der Waals surface area contributed by atoms with Gasteiger partial charge in [0, 0.05) is 19.3 Å². The molecule has 0 spiro atoms. The summed E-state index contributed by atoms with van der Waals surface area (Å²) in [5, 5.41) is 12.0. The van der Waals surface area contributed by atoms with E-state index in [1.54, 1.807) is 42.7 Å². The fourth-order valence-corrected chi connectivity index (χ4v) is 2.08. The van der Waals surface area contributed by atoms with Crippen LogP contribution in [0.25, 0.3) is 0 Å². The number of hydrogen-bond donors (Lipinski definition) is 2. The van der Waals surface area contributed by atoms with Crippen LogP contribution < -0.4 is 10.1 Å². The topological polar surface area (TPSA) is 71.5 Å². The van der Waals surface area contributed by atoms with Crippen LogP contribution in [0.2, 0.25) is 0 Å². The van der Waals surface area contributed by atoms with Crippen LogP contribution in [0.5, 0.6) is 11.5 Å². The lowest BCUT2D eigenvalue weighted by molar-refractivity contribution is 0.0926. The van der Waals surface area contributed by atoms with Crippen LogP contribution in [0.3, 0.4) is 0 Å². The molecule has 1 aromatic carbocycles. The molecule has 5 nitrogen and oxygen atoms in total. The van der Waals surface area contributed by atoms with Crippen LogP contribution in [0.15, 0.2) is 48.8 Å². The summed E-state index contributed by atoms with van der Waals surface area (Å²) in [6.07, 6.45) is 3.88. The highest BCUT2D eigenvalue weighted by atomic mass is 16.5. The Morgan fingerprint density at radius 3 is 2.74 bits per heavy atom. The maximum atomic E-state index is 12.4. The molecule has 2 aromatic rings. The number of hydrogen-bond acceptors (Lipinski definition) is 4. The molecule has 0 saturated carbocycles. The standard InChI is InChI=1S/C18H22N2O3/c1-18(2,9-11-21)13-20-17(22)15-7-3-4-8-16(15)23-14-6-5-10-19-12-14/h3-8,10,12,21H,9,11,13H2,1-2H3,(H,20,22). The molecule has 1 heterocycles. The van der Waals surface area contributed by atoms with E-state index in [9.17, 15) is 4.79 Å². The maximum absolute atomic E-state index is 12.4. The highest BCUT2D eigenvalue weighted by molar-refractivity contribution is 5.97. The van der Waals surface area contributed by atoms with Crippen molar-refractivity contribution in [3.05, 3.63) is 54.4 Å². The summed E-state index contributed by atoms with van der Waals surface area (Å²) in [6.45, 7) is 4.58. The number of aromatic nitrogens is 1. The molecule has 0 bridgehead atoms. The zero-order chi connectivity index (χ0) is 16.7. The molecule has 0 fully saturated rings. The van der Waals surface area contributed by atoms with E-state index in [4.69, 9.17) is 9.84 Å². The van der Waals surface area contributed by atoms with Crippen molar-refractivity contribution in [1.29, 1.82) is 0 Å². The first kappa shape index (κ1) is 17.0. The molecule has 2 rings (SSSR count). The molecule has 122 valence electrons. The number of nitrogens with one attached hydrogen (secondary N) is 1. The molecule has 0 aliphatic rings. The number of rotatable bonds is 7. The van der Waals surface area contributed by atoms with E-state index >= 15 is 0 Å². The van der Waals surface area contributed by atoms with Crippen molar-refractivity contribution >= 4 is 5.91 Å². The third-order valence-corrected chi connectivity index (χ3v) is 3.51. The Bertz CT molecular complexity index is 642. The number of amides is 1. The van der Waals surface area contributed by atoms with Gasteiger partial charge in [-0.1, -0.05) is 26.0 Å². The average molecular weight is 314 g/mol. The van der Waals surface area contributed by atoms with Gasteiger partial charge in [-0.05, 0) is 36.1 Å². The van der Waals surface area contributed by atoms with E-state index in [0.29, 0.717) is 30.0 Å². The van der Waals surface area contributed by atoms with Crippen LogP contribution in [0.4, 0.5) is 0 Å². The molecule has 1 aromatic heterocycles. The molecule has 1 amide bonds. The Morgan fingerprint density at radius 2 is 2.04 bits per heavy atom. The van der Waals surface area contributed by atoms with Crippen molar-refractivity contribution in [2.24, 2.45) is 5.41 Å². The van der Waals surface area contributed by atoms with Gasteiger partial charge in [0.05, 0.1) is 11.8 Å². The summed E-state index contributed by atoms with van der Waals surface area (Å²) >= 11 is 0. The summed E-state index contributed by atoms with van der Waals surface area (Å²) in [7, 11) is 0. The Hall–Kier alpha value is -2.40. The van der Waals surface area contributed by atoms with E-state index < -0.39 is 0 Å². The summed E-state index contributed by atoms with van der Waals surface area (Å²) in [5.41, 5.74) is 0.306. The third kappa shape index (κ3) is 5.07. The van der Waals surface area contributed by atoms with Crippen molar-refractivity contribution in [2.45, 2.75) is 20.3 Å². The first-order valence-electron chi connectivity index (χ1n) is 7.58. The van der Waals surface area contributed by atoms with E-state index in [2.05, 4.69) is 10.3 Å². The number of para-hydroxylation sites is 1. The molecule has 0 unspecified atom stereocenters. The smallest absolute Gasteiger partial charge is 0.255 e. The van der Waals surface area contributed by atoms with Crippen LogP contribution in [0, 0.1) is 5.41 Å². The minimum absolute atomic E-state index is 0.101. The van der Waals surface area contributed by atoms with Crippen LogP contribution in [0.1, 0.15) is 30.6 Å². The Balaban J connectivity index is 2.09. The number of benzene rings is 1. The number of carbonyl (C=O) groups is 1. The monoisotopic (exact) mass is 314 g/mol. The quantitative estimate of drug-likeness (QED) is 0.824. The number of carbonyl (C=O) groups excluding carboxylic acids is 1. The van der Waals surface area contributed by atoms with Crippen molar-refractivity contribution < 1.29 is 14.6 Å². The molecule has 0 radical (unpaired) electrons. The Kier molecular flexibility index (Phi) is 5.71. The summed E-state index contributed by atoms with van der Waals surface area (Å²) in [4.78, 5) is 16.4. The molecule has 5 heteroatoms. The number of ether oxygens (including phenoxy) is 1. The first-order chi connectivity index (χ1) is 11.0. The van der Waals surface area contributed by atoms with Crippen LogP contribution >= 0.6 is 0 Å². The van der Waals surface area contributed by atoms with Gasteiger partial charge in [-0.2, -0.15) is 0 Å². The van der Waals surface area contributed by atoms with Crippen LogP contribution in [-0.2, 0) is 0 Å². The fraction of sp³-hybridized carbons (Fsp3) is 0.333. The molecular formula is C18H22N2O3. The average Bonchev–Trinajstić information content (AvgIpc) is 2.54. The lowest BCUT2D eigenvalue weighted by atomic mass is 9.89. The van der Waals surface area contributed by atoms with Gasteiger partial charge in [-0.3, -0.25) is 9.78 Å². The Labute approximate surface area is 136 Å². The fourth-order valence-electron chi connectivity index (χ4n) is 2.08. The summed E-state index contributed by atoms with van der Waals surface area (Å²) in [6, 6.07) is 10.6. The van der Waals surface area contributed by atoms with E-state index in [-0.39, 0.29) is 17.9 Å². The zero-order valence-electron chi connectivity index (χ0n) is 13.5. The number of aliphatic hydroxyl groups excluding tert-OH is 1. The minimum atomic E-state index is -0.199. The van der Waals surface area contributed by atoms with Gasteiger partial charge >= 0.3 is 0 Å². The third-order valence-electron chi connectivity index (χ3n) is 3.51. The second kappa shape index (κ2) is 7.74. The zero-order valence-corrected chi connectivity index (χ0v) is 13.5. The Morgan fingerprint density at radius 1 is 1.26 bits per heavy atom. The summed E-state index contributed by atoms with van der Waals surface area (Å²) < 4.78 is 5.75.